The summed E-state index contributed by atoms with van der Waals surface area (Å²) in [5, 5.41) is 7.07. The molecule has 19 heavy (non-hydrogen) atoms. The molecule has 1 aliphatic rings. The molecule has 0 bridgehead atoms. The van der Waals surface area contributed by atoms with Crippen LogP contribution in [0.25, 0.3) is 0 Å². The van der Waals surface area contributed by atoms with E-state index in [0.29, 0.717) is 0 Å². The highest BCUT2D eigenvalue weighted by Gasteiger charge is 2.37. The summed E-state index contributed by atoms with van der Waals surface area (Å²) in [6.45, 7) is 8.69. The van der Waals surface area contributed by atoms with Gasteiger partial charge in [-0.05, 0) is 52.7 Å². The van der Waals surface area contributed by atoms with Crippen molar-refractivity contribution in [2.24, 2.45) is 0 Å². The molecule has 0 saturated heterocycles. The summed E-state index contributed by atoms with van der Waals surface area (Å²) in [4.78, 5) is 4.67. The van der Waals surface area contributed by atoms with Gasteiger partial charge in [0.15, 0.2) is 0 Å². The summed E-state index contributed by atoms with van der Waals surface area (Å²) >= 11 is 4.60. The number of nitrogens with zero attached hydrogens (tertiary/aromatic N) is 1. The first kappa shape index (κ1) is 14.7. The Kier molecular flexibility index (Phi) is 4.11. The van der Waals surface area contributed by atoms with E-state index in [1.807, 2.05) is 6.07 Å². The fourth-order valence-corrected chi connectivity index (χ4v) is 2.61. The van der Waals surface area contributed by atoms with Crippen molar-refractivity contribution in [1.29, 1.82) is 0 Å². The molecule has 0 aliphatic heterocycles. The van der Waals surface area contributed by atoms with E-state index in [0.717, 1.165) is 17.9 Å². The molecule has 0 aromatic carbocycles. The number of anilines is 1. The van der Waals surface area contributed by atoms with Gasteiger partial charge in [-0.15, -0.1) is 0 Å². The van der Waals surface area contributed by atoms with Crippen LogP contribution in [0.15, 0.2) is 18.2 Å². The highest BCUT2D eigenvalue weighted by molar-refractivity contribution is 7.80. The standard InChI is InChI=1S/C15H25N3S/c1-14(2,3)18-13(19)10-11-6-5-7-12(16-11)17-15(4)8-9-15/h5-7,13,18-19H,8-10H2,1-4H3,(H,16,17). The van der Waals surface area contributed by atoms with Gasteiger partial charge in [0, 0.05) is 23.2 Å². The Morgan fingerprint density at radius 2 is 2.05 bits per heavy atom. The van der Waals surface area contributed by atoms with Crippen LogP contribution in [0.4, 0.5) is 5.82 Å². The van der Waals surface area contributed by atoms with Gasteiger partial charge in [-0.25, -0.2) is 4.98 Å². The SMILES string of the molecule is CC(C)(C)NC(S)Cc1cccc(NC2(C)CC2)n1. The monoisotopic (exact) mass is 279 g/mol. The predicted octanol–water partition coefficient (Wildman–Crippen LogP) is 3.23. The van der Waals surface area contributed by atoms with Crippen LogP contribution in [0.5, 0.6) is 0 Å². The van der Waals surface area contributed by atoms with Gasteiger partial charge in [0.25, 0.3) is 0 Å². The second kappa shape index (κ2) is 5.33. The Labute approximate surface area is 122 Å². The van der Waals surface area contributed by atoms with Crippen LogP contribution in [-0.2, 0) is 6.42 Å². The topological polar surface area (TPSA) is 37.0 Å². The smallest absolute Gasteiger partial charge is 0.126 e. The van der Waals surface area contributed by atoms with Crippen molar-refractivity contribution in [3.05, 3.63) is 23.9 Å². The molecule has 1 aromatic rings. The maximum absolute atomic E-state index is 4.67. The minimum absolute atomic E-state index is 0.0732. The van der Waals surface area contributed by atoms with Crippen LogP contribution < -0.4 is 10.6 Å². The molecule has 2 N–H and O–H groups in total. The molecule has 0 amide bonds. The number of hydrogen-bond acceptors (Lipinski definition) is 4. The van der Waals surface area contributed by atoms with Crippen LogP contribution >= 0.6 is 12.6 Å². The Hall–Kier alpha value is -0.740. The molecule has 3 nitrogen and oxygen atoms in total. The van der Waals surface area contributed by atoms with Gasteiger partial charge in [-0.1, -0.05) is 6.07 Å². The van der Waals surface area contributed by atoms with Crippen LogP contribution in [0.2, 0.25) is 0 Å². The van der Waals surface area contributed by atoms with Crippen molar-refractivity contribution >= 4 is 18.4 Å². The minimum Gasteiger partial charge on any atom is -0.365 e. The average molecular weight is 279 g/mol. The third kappa shape index (κ3) is 5.03. The Morgan fingerprint density at radius 1 is 1.37 bits per heavy atom. The lowest BCUT2D eigenvalue weighted by atomic mass is 10.1. The second-order valence-electron chi connectivity index (χ2n) is 6.81. The summed E-state index contributed by atoms with van der Waals surface area (Å²) in [6, 6.07) is 6.17. The highest BCUT2D eigenvalue weighted by Crippen LogP contribution is 2.37. The molecular weight excluding hydrogens is 254 g/mol. The van der Waals surface area contributed by atoms with Crippen molar-refractivity contribution in [2.45, 2.75) is 63.4 Å². The van der Waals surface area contributed by atoms with Crippen molar-refractivity contribution in [2.75, 3.05) is 5.32 Å². The molecule has 0 radical (unpaired) electrons. The van der Waals surface area contributed by atoms with E-state index in [1.165, 1.54) is 12.8 Å². The summed E-state index contributed by atoms with van der Waals surface area (Å²) in [5.41, 5.74) is 1.42. The first-order valence-electron chi connectivity index (χ1n) is 6.96. The molecule has 106 valence electrons. The molecule has 1 fully saturated rings. The van der Waals surface area contributed by atoms with E-state index in [4.69, 9.17) is 0 Å². The lowest BCUT2D eigenvalue weighted by Crippen LogP contribution is -2.42. The third-order valence-electron chi connectivity index (χ3n) is 3.24. The summed E-state index contributed by atoms with van der Waals surface area (Å²) in [5.74, 6) is 0.980. The largest absolute Gasteiger partial charge is 0.365 e. The van der Waals surface area contributed by atoms with E-state index in [-0.39, 0.29) is 16.5 Å². The predicted molar refractivity (Wildman–Crippen MR) is 84.9 cm³/mol. The van der Waals surface area contributed by atoms with Crippen molar-refractivity contribution in [3.8, 4) is 0 Å². The normalized spacial score (nSPS) is 19.0. The maximum Gasteiger partial charge on any atom is 0.126 e. The Morgan fingerprint density at radius 3 is 2.63 bits per heavy atom. The lowest BCUT2D eigenvalue weighted by molar-refractivity contribution is 0.413. The van der Waals surface area contributed by atoms with Crippen molar-refractivity contribution < 1.29 is 0 Å². The fourth-order valence-electron chi connectivity index (χ4n) is 2.03. The van der Waals surface area contributed by atoms with Gasteiger partial charge >= 0.3 is 0 Å². The van der Waals surface area contributed by atoms with E-state index < -0.39 is 0 Å². The fraction of sp³-hybridized carbons (Fsp3) is 0.667. The number of nitrogens with one attached hydrogen (secondary N) is 2. The Bertz CT molecular complexity index is 435. The zero-order chi connectivity index (χ0) is 14.1. The number of pyridine rings is 1. The maximum atomic E-state index is 4.67. The summed E-state index contributed by atoms with van der Waals surface area (Å²) < 4.78 is 0. The number of thiol groups is 1. The zero-order valence-electron chi connectivity index (χ0n) is 12.3. The minimum atomic E-state index is 0.0732. The lowest BCUT2D eigenvalue weighted by Gasteiger charge is -2.25. The molecular formula is C15H25N3S. The van der Waals surface area contributed by atoms with Crippen molar-refractivity contribution in [3.63, 3.8) is 0 Å². The average Bonchev–Trinajstić information content (AvgIpc) is 2.93. The first-order chi connectivity index (χ1) is 8.76. The van der Waals surface area contributed by atoms with E-state index >= 15 is 0 Å². The molecule has 1 unspecified atom stereocenters. The molecule has 1 saturated carbocycles. The molecule has 0 spiro atoms. The van der Waals surface area contributed by atoms with Crippen LogP contribution in [0.1, 0.15) is 46.2 Å². The molecule has 1 heterocycles. The molecule has 2 rings (SSSR count). The highest BCUT2D eigenvalue weighted by atomic mass is 32.1. The van der Waals surface area contributed by atoms with E-state index in [2.05, 4.69) is 68.1 Å². The third-order valence-corrected chi connectivity index (χ3v) is 3.55. The van der Waals surface area contributed by atoms with Gasteiger partial charge in [0.05, 0.1) is 5.37 Å². The van der Waals surface area contributed by atoms with Crippen molar-refractivity contribution in [1.82, 2.24) is 10.3 Å². The molecule has 1 aliphatic carbocycles. The van der Waals surface area contributed by atoms with Gasteiger partial charge in [0.2, 0.25) is 0 Å². The van der Waals surface area contributed by atoms with Crippen LogP contribution in [0.3, 0.4) is 0 Å². The quantitative estimate of drug-likeness (QED) is 0.572. The summed E-state index contributed by atoms with van der Waals surface area (Å²) in [6.07, 6.45) is 3.30. The molecule has 1 aromatic heterocycles. The summed E-state index contributed by atoms with van der Waals surface area (Å²) in [7, 11) is 0. The van der Waals surface area contributed by atoms with Gasteiger partial charge < -0.3 is 10.6 Å². The number of rotatable bonds is 5. The van der Waals surface area contributed by atoms with Crippen LogP contribution in [-0.4, -0.2) is 21.4 Å². The van der Waals surface area contributed by atoms with Crippen LogP contribution in [0, 0.1) is 0 Å². The number of hydrogen-bond donors (Lipinski definition) is 3. The van der Waals surface area contributed by atoms with Gasteiger partial charge in [0.1, 0.15) is 5.82 Å². The Balaban J connectivity index is 1.95. The molecule has 4 heteroatoms. The zero-order valence-corrected chi connectivity index (χ0v) is 13.2. The van der Waals surface area contributed by atoms with E-state index in [1.54, 1.807) is 0 Å². The second-order valence-corrected chi connectivity index (χ2v) is 7.44. The van der Waals surface area contributed by atoms with Gasteiger partial charge in [-0.2, -0.15) is 12.6 Å². The van der Waals surface area contributed by atoms with Gasteiger partial charge in [-0.3, -0.25) is 0 Å². The first-order valence-corrected chi connectivity index (χ1v) is 7.47. The number of aromatic nitrogens is 1. The van der Waals surface area contributed by atoms with E-state index in [9.17, 15) is 0 Å². The molecule has 1 atom stereocenters.